The van der Waals surface area contributed by atoms with Crippen molar-refractivity contribution >= 4 is 16.9 Å². The van der Waals surface area contributed by atoms with Crippen molar-refractivity contribution in [2.45, 2.75) is 25.8 Å². The number of hydrogen-bond donors (Lipinski definition) is 0. The fourth-order valence-corrected chi connectivity index (χ4v) is 4.65. The van der Waals surface area contributed by atoms with E-state index in [1.807, 2.05) is 6.07 Å². The van der Waals surface area contributed by atoms with Crippen LogP contribution in [0.5, 0.6) is 11.5 Å². The van der Waals surface area contributed by atoms with Gasteiger partial charge in [-0.3, -0.25) is 18.9 Å². The molecule has 2 aromatic heterocycles. The van der Waals surface area contributed by atoms with Gasteiger partial charge in [0.25, 0.3) is 0 Å². The van der Waals surface area contributed by atoms with E-state index in [2.05, 4.69) is 11.6 Å². The van der Waals surface area contributed by atoms with Crippen molar-refractivity contribution in [3.63, 3.8) is 0 Å². The van der Waals surface area contributed by atoms with Gasteiger partial charge in [0.1, 0.15) is 17.3 Å². The zero-order valence-electron chi connectivity index (χ0n) is 19.4. The lowest BCUT2D eigenvalue weighted by molar-refractivity contribution is -0.127. The molecule has 7 nitrogen and oxygen atoms in total. The van der Waals surface area contributed by atoms with E-state index in [-0.39, 0.29) is 23.5 Å². The number of halogens is 1. The van der Waals surface area contributed by atoms with E-state index >= 15 is 0 Å². The van der Waals surface area contributed by atoms with Crippen LogP contribution in [0.15, 0.2) is 78.4 Å². The highest BCUT2D eigenvalue weighted by Gasteiger charge is 2.27. The Labute approximate surface area is 201 Å². The van der Waals surface area contributed by atoms with Crippen LogP contribution >= 0.6 is 0 Å². The van der Waals surface area contributed by atoms with Gasteiger partial charge in [-0.25, -0.2) is 9.18 Å². The molecule has 1 amide bonds. The van der Waals surface area contributed by atoms with Gasteiger partial charge in [-0.2, -0.15) is 0 Å². The number of fused-ring (bicyclic) bond motifs is 1. The molecule has 0 radical (unpaired) electrons. The number of pyridine rings is 1. The van der Waals surface area contributed by atoms with Gasteiger partial charge in [-0.15, -0.1) is 0 Å². The van der Waals surface area contributed by atoms with Gasteiger partial charge in [0.15, 0.2) is 0 Å². The number of benzene rings is 2. The molecule has 1 saturated heterocycles. The number of nitrogens with zero attached hydrogens (tertiary/aromatic N) is 4. The molecular formula is C27H25FN4O3. The van der Waals surface area contributed by atoms with Crippen LogP contribution in [0.1, 0.15) is 24.4 Å². The van der Waals surface area contributed by atoms with Crippen LogP contribution in [0.2, 0.25) is 0 Å². The van der Waals surface area contributed by atoms with Crippen molar-refractivity contribution in [1.29, 1.82) is 0 Å². The predicted octanol–water partition coefficient (Wildman–Crippen LogP) is 4.78. The molecule has 0 N–H and O–H groups in total. The van der Waals surface area contributed by atoms with Crippen LogP contribution in [0.25, 0.3) is 16.7 Å². The summed E-state index contributed by atoms with van der Waals surface area (Å²) in [7, 11) is 0. The number of hydrogen-bond acceptors (Lipinski definition) is 4. The smallest absolute Gasteiger partial charge is 0.334 e. The second kappa shape index (κ2) is 9.21. The Balaban J connectivity index is 1.51. The SMILES string of the molecule is C=CC(=O)N1CCC[C@@H](n2c(=O)n(-c3ccc(Oc4cccc(F)c4C)cc3)c3cnccc32)C1. The highest BCUT2D eigenvalue weighted by atomic mass is 19.1. The van der Waals surface area contributed by atoms with Gasteiger partial charge in [0.2, 0.25) is 5.91 Å². The number of aromatic nitrogens is 3. The van der Waals surface area contributed by atoms with E-state index in [0.717, 1.165) is 18.4 Å². The average Bonchev–Trinajstić information content (AvgIpc) is 3.18. The summed E-state index contributed by atoms with van der Waals surface area (Å²) in [6, 6.07) is 13.4. The van der Waals surface area contributed by atoms with Crippen LogP contribution in [0.4, 0.5) is 4.39 Å². The summed E-state index contributed by atoms with van der Waals surface area (Å²) in [5, 5.41) is 0. The molecule has 1 atom stereocenters. The standard InChI is InChI=1S/C27H25FN4O3/c1-3-26(33)30-15-5-6-20(17-30)32-23-13-14-29-16-24(23)31(27(32)34)19-9-11-21(12-10-19)35-25-8-4-7-22(28)18(25)2/h3-4,7-14,16,20H,1,5-6,15,17H2,2H3/t20-/m1/s1. The van der Waals surface area contributed by atoms with E-state index in [9.17, 15) is 14.0 Å². The molecule has 0 bridgehead atoms. The fourth-order valence-electron chi connectivity index (χ4n) is 4.65. The van der Waals surface area contributed by atoms with Gasteiger partial charge >= 0.3 is 5.69 Å². The lowest BCUT2D eigenvalue weighted by atomic mass is 10.1. The lowest BCUT2D eigenvalue weighted by Gasteiger charge is -2.32. The topological polar surface area (TPSA) is 69.4 Å². The molecular weight excluding hydrogens is 447 g/mol. The maximum Gasteiger partial charge on any atom is 0.334 e. The first kappa shape index (κ1) is 22.6. The minimum Gasteiger partial charge on any atom is -0.457 e. The van der Waals surface area contributed by atoms with E-state index in [0.29, 0.717) is 41.4 Å². The summed E-state index contributed by atoms with van der Waals surface area (Å²) in [6.07, 6.45) is 6.24. The zero-order chi connectivity index (χ0) is 24.5. The number of imidazole rings is 1. The Bertz CT molecular complexity index is 1470. The fraction of sp³-hybridized carbons (Fsp3) is 0.222. The van der Waals surface area contributed by atoms with Gasteiger partial charge in [-0.1, -0.05) is 12.6 Å². The van der Waals surface area contributed by atoms with Crippen LogP contribution in [0, 0.1) is 12.7 Å². The first-order valence-corrected chi connectivity index (χ1v) is 11.5. The molecule has 0 spiro atoms. The van der Waals surface area contributed by atoms with E-state index in [4.69, 9.17) is 4.74 Å². The minimum atomic E-state index is -0.331. The maximum absolute atomic E-state index is 13.9. The Morgan fingerprint density at radius 3 is 2.74 bits per heavy atom. The molecule has 4 aromatic rings. The van der Waals surface area contributed by atoms with Crippen LogP contribution in [-0.2, 0) is 4.79 Å². The Hall–Kier alpha value is -4.20. The molecule has 0 saturated carbocycles. The van der Waals surface area contributed by atoms with Crippen molar-refractivity contribution in [2.75, 3.05) is 13.1 Å². The van der Waals surface area contributed by atoms with E-state index in [1.165, 1.54) is 12.1 Å². The molecule has 1 aliphatic rings. The van der Waals surface area contributed by atoms with Crippen molar-refractivity contribution in [2.24, 2.45) is 0 Å². The number of rotatable bonds is 5. The van der Waals surface area contributed by atoms with Crippen molar-refractivity contribution in [3.8, 4) is 17.2 Å². The van der Waals surface area contributed by atoms with Crippen LogP contribution < -0.4 is 10.4 Å². The van der Waals surface area contributed by atoms with Crippen molar-refractivity contribution in [3.05, 3.63) is 95.4 Å². The van der Waals surface area contributed by atoms with Gasteiger partial charge < -0.3 is 9.64 Å². The second-order valence-corrected chi connectivity index (χ2v) is 8.60. The van der Waals surface area contributed by atoms with Gasteiger partial charge in [0, 0.05) is 24.8 Å². The summed E-state index contributed by atoms with van der Waals surface area (Å²) in [4.78, 5) is 31.9. The third kappa shape index (κ3) is 4.12. The first-order chi connectivity index (χ1) is 17.0. The summed E-state index contributed by atoms with van der Waals surface area (Å²) in [6.45, 7) is 6.35. The number of amides is 1. The Kier molecular flexibility index (Phi) is 5.94. The predicted molar refractivity (Wildman–Crippen MR) is 132 cm³/mol. The molecule has 1 aliphatic heterocycles. The van der Waals surface area contributed by atoms with E-state index < -0.39 is 0 Å². The molecule has 0 aliphatic carbocycles. The Morgan fingerprint density at radius 2 is 1.97 bits per heavy atom. The lowest BCUT2D eigenvalue weighted by Crippen LogP contribution is -2.42. The number of likely N-dealkylation sites (tertiary alicyclic amines) is 1. The monoisotopic (exact) mass is 472 g/mol. The van der Waals surface area contributed by atoms with Crippen molar-refractivity contribution in [1.82, 2.24) is 19.0 Å². The van der Waals surface area contributed by atoms with Crippen LogP contribution in [0.3, 0.4) is 0 Å². The quantitative estimate of drug-likeness (QED) is 0.392. The van der Waals surface area contributed by atoms with E-state index in [1.54, 1.807) is 69.7 Å². The molecule has 178 valence electrons. The van der Waals surface area contributed by atoms with Gasteiger partial charge in [-0.05, 0) is 68.3 Å². The largest absolute Gasteiger partial charge is 0.457 e. The summed E-state index contributed by atoms with van der Waals surface area (Å²) >= 11 is 0. The second-order valence-electron chi connectivity index (χ2n) is 8.60. The number of ether oxygens (including phenoxy) is 1. The molecule has 0 unspecified atom stereocenters. The summed E-state index contributed by atoms with van der Waals surface area (Å²) in [5.41, 5.74) is 2.33. The normalized spacial score (nSPS) is 15.8. The maximum atomic E-state index is 13.9. The molecule has 35 heavy (non-hydrogen) atoms. The molecule has 5 rings (SSSR count). The van der Waals surface area contributed by atoms with Gasteiger partial charge in [0.05, 0.1) is 29.0 Å². The third-order valence-corrected chi connectivity index (χ3v) is 6.46. The first-order valence-electron chi connectivity index (χ1n) is 11.5. The zero-order valence-corrected chi connectivity index (χ0v) is 19.4. The Morgan fingerprint density at radius 1 is 1.17 bits per heavy atom. The number of piperidine rings is 1. The van der Waals surface area contributed by atoms with Crippen LogP contribution in [-0.4, -0.2) is 38.0 Å². The highest BCUT2D eigenvalue weighted by molar-refractivity contribution is 5.87. The highest BCUT2D eigenvalue weighted by Crippen LogP contribution is 2.29. The molecule has 1 fully saturated rings. The summed E-state index contributed by atoms with van der Waals surface area (Å²) in [5.74, 6) is 0.509. The molecule has 8 heteroatoms. The third-order valence-electron chi connectivity index (χ3n) is 6.46. The average molecular weight is 473 g/mol. The van der Waals surface area contributed by atoms with Crippen molar-refractivity contribution < 1.29 is 13.9 Å². The number of carbonyl (C=O) groups excluding carboxylic acids is 1. The minimum absolute atomic E-state index is 0.128. The number of carbonyl (C=O) groups is 1. The molecule has 3 heterocycles. The summed E-state index contributed by atoms with van der Waals surface area (Å²) < 4.78 is 23.1. The molecule has 2 aromatic carbocycles.